The van der Waals surface area contributed by atoms with E-state index in [4.69, 9.17) is 4.74 Å². The Morgan fingerprint density at radius 2 is 1.86 bits per heavy atom. The van der Waals surface area contributed by atoms with Gasteiger partial charge >= 0.3 is 6.09 Å². The zero-order valence-electron chi connectivity index (χ0n) is 9.09. The summed E-state index contributed by atoms with van der Waals surface area (Å²) in [6.07, 6.45) is 3.73. The fourth-order valence-corrected chi connectivity index (χ4v) is 1.99. The number of amides is 1. The van der Waals surface area contributed by atoms with Crippen molar-refractivity contribution >= 4 is 18.7 Å². The molecule has 1 amide bonds. The maximum atomic E-state index is 11.4. The second-order valence-corrected chi connectivity index (χ2v) is 5.72. The molecule has 0 bridgehead atoms. The van der Waals surface area contributed by atoms with Crippen LogP contribution in [0, 0.1) is 0 Å². The summed E-state index contributed by atoms with van der Waals surface area (Å²) in [7, 11) is 0. The Labute approximate surface area is 91.0 Å². The highest BCUT2D eigenvalue weighted by Gasteiger charge is 2.32. The maximum absolute atomic E-state index is 11.4. The predicted molar refractivity (Wildman–Crippen MR) is 59.6 cm³/mol. The van der Waals surface area contributed by atoms with Gasteiger partial charge in [0.1, 0.15) is 5.60 Å². The van der Waals surface area contributed by atoms with Gasteiger partial charge in [0.2, 0.25) is 0 Å². The molecular weight excluding hydrogens is 198 g/mol. The van der Waals surface area contributed by atoms with Gasteiger partial charge in [-0.15, -0.1) is 0 Å². The van der Waals surface area contributed by atoms with Crippen molar-refractivity contribution in [2.24, 2.45) is 0 Å². The molecule has 1 N–H and O–H groups in total. The summed E-state index contributed by atoms with van der Waals surface area (Å²) in [5.41, 5.74) is -0.438. The number of nitrogens with one attached hydrogen (secondary N) is 1. The van der Waals surface area contributed by atoms with Gasteiger partial charge in [0, 0.05) is 0 Å². The van der Waals surface area contributed by atoms with Crippen molar-refractivity contribution in [3.63, 3.8) is 0 Å². The van der Waals surface area contributed by atoms with E-state index in [-0.39, 0.29) is 11.0 Å². The first-order chi connectivity index (χ1) is 6.31. The molecule has 0 heterocycles. The molecule has 0 radical (unpaired) electrons. The summed E-state index contributed by atoms with van der Waals surface area (Å²) in [5.74, 6) is 0. The highest BCUT2D eigenvalue weighted by atomic mass is 32.1. The van der Waals surface area contributed by atoms with E-state index in [9.17, 15) is 4.79 Å². The molecule has 1 aliphatic rings. The van der Waals surface area contributed by atoms with E-state index in [1.165, 1.54) is 0 Å². The quantitative estimate of drug-likeness (QED) is 0.523. The van der Waals surface area contributed by atoms with Crippen molar-refractivity contribution in [2.45, 2.75) is 56.9 Å². The van der Waals surface area contributed by atoms with Crippen molar-refractivity contribution < 1.29 is 9.53 Å². The summed E-state index contributed by atoms with van der Waals surface area (Å²) in [4.78, 5) is 11.1. The fraction of sp³-hybridized carbons (Fsp3) is 0.900. The number of thiol groups is 1. The summed E-state index contributed by atoms with van der Waals surface area (Å²) in [6, 6.07) is 0. The van der Waals surface area contributed by atoms with Crippen LogP contribution in [-0.4, -0.2) is 16.6 Å². The number of alkyl carbamates (subject to hydrolysis) is 1. The average molecular weight is 217 g/mol. The SMILES string of the molecule is CC(C)(C)OC(=O)NC1(S)CCCC1. The predicted octanol–water partition coefficient (Wildman–Crippen LogP) is 2.71. The van der Waals surface area contributed by atoms with E-state index in [0.29, 0.717) is 0 Å². The molecule has 82 valence electrons. The Hall–Kier alpha value is -0.380. The Kier molecular flexibility index (Phi) is 3.35. The van der Waals surface area contributed by atoms with Crippen LogP contribution in [0.3, 0.4) is 0 Å². The van der Waals surface area contributed by atoms with Crippen LogP contribution >= 0.6 is 12.6 Å². The van der Waals surface area contributed by atoms with Gasteiger partial charge in [-0.3, -0.25) is 0 Å². The van der Waals surface area contributed by atoms with Crippen LogP contribution in [0.5, 0.6) is 0 Å². The molecule has 1 rings (SSSR count). The topological polar surface area (TPSA) is 38.3 Å². The second kappa shape index (κ2) is 4.01. The molecule has 3 nitrogen and oxygen atoms in total. The molecule has 0 atom stereocenters. The van der Waals surface area contributed by atoms with Crippen LogP contribution in [0.4, 0.5) is 4.79 Å². The molecule has 0 aromatic carbocycles. The third-order valence-corrected chi connectivity index (χ3v) is 2.72. The number of carbonyl (C=O) groups is 1. The number of hydrogen-bond acceptors (Lipinski definition) is 3. The summed E-state index contributed by atoms with van der Waals surface area (Å²) < 4.78 is 5.17. The minimum Gasteiger partial charge on any atom is -0.444 e. The van der Waals surface area contributed by atoms with E-state index < -0.39 is 5.60 Å². The van der Waals surface area contributed by atoms with Gasteiger partial charge < -0.3 is 10.1 Å². The van der Waals surface area contributed by atoms with Gasteiger partial charge in [-0.25, -0.2) is 4.79 Å². The van der Waals surface area contributed by atoms with Gasteiger partial charge in [0.25, 0.3) is 0 Å². The molecule has 0 spiro atoms. The largest absolute Gasteiger partial charge is 0.444 e. The van der Waals surface area contributed by atoms with Gasteiger partial charge in [-0.2, -0.15) is 12.6 Å². The number of ether oxygens (including phenoxy) is 1. The van der Waals surface area contributed by atoms with Gasteiger partial charge in [0.05, 0.1) is 4.87 Å². The highest BCUT2D eigenvalue weighted by Crippen LogP contribution is 2.32. The standard InChI is InChI=1S/C10H19NO2S/c1-9(2,3)13-8(12)11-10(14)6-4-5-7-10/h14H,4-7H2,1-3H3,(H,11,12). The maximum Gasteiger partial charge on any atom is 0.408 e. The molecule has 0 unspecified atom stereocenters. The Morgan fingerprint density at radius 1 is 1.36 bits per heavy atom. The number of rotatable bonds is 1. The zero-order chi connectivity index (χ0) is 10.8. The van der Waals surface area contributed by atoms with Crippen molar-refractivity contribution in [1.82, 2.24) is 5.32 Å². The lowest BCUT2D eigenvalue weighted by Crippen LogP contribution is -2.44. The molecule has 0 aromatic rings. The first kappa shape index (κ1) is 11.7. The van der Waals surface area contributed by atoms with Crippen LogP contribution < -0.4 is 5.32 Å². The molecule has 0 aliphatic heterocycles. The summed E-state index contributed by atoms with van der Waals surface area (Å²) >= 11 is 4.46. The molecule has 0 aromatic heterocycles. The van der Waals surface area contributed by atoms with E-state index in [2.05, 4.69) is 17.9 Å². The van der Waals surface area contributed by atoms with Gasteiger partial charge in [0.15, 0.2) is 0 Å². The van der Waals surface area contributed by atoms with Crippen LogP contribution in [0.1, 0.15) is 46.5 Å². The van der Waals surface area contributed by atoms with Crippen LogP contribution in [0.15, 0.2) is 0 Å². The smallest absolute Gasteiger partial charge is 0.408 e. The first-order valence-electron chi connectivity index (χ1n) is 5.04. The normalized spacial score (nSPS) is 20.6. The summed E-state index contributed by atoms with van der Waals surface area (Å²) in [5, 5.41) is 2.81. The molecule has 1 fully saturated rings. The van der Waals surface area contributed by atoms with E-state index in [0.717, 1.165) is 25.7 Å². The average Bonchev–Trinajstić information content (AvgIpc) is 2.30. The minimum atomic E-state index is -0.438. The Balaban J connectivity index is 2.40. The van der Waals surface area contributed by atoms with Crippen molar-refractivity contribution in [3.05, 3.63) is 0 Å². The number of carbonyl (C=O) groups excluding carboxylic acids is 1. The fourth-order valence-electron chi connectivity index (χ4n) is 1.58. The summed E-state index contributed by atoms with van der Waals surface area (Å²) in [6.45, 7) is 5.56. The van der Waals surface area contributed by atoms with Crippen LogP contribution in [-0.2, 0) is 4.74 Å². The third kappa shape index (κ3) is 3.78. The van der Waals surface area contributed by atoms with Crippen LogP contribution in [0.25, 0.3) is 0 Å². The molecule has 0 saturated heterocycles. The van der Waals surface area contributed by atoms with E-state index in [1.54, 1.807) is 0 Å². The number of hydrogen-bond donors (Lipinski definition) is 2. The molecule has 14 heavy (non-hydrogen) atoms. The lowest BCUT2D eigenvalue weighted by Gasteiger charge is -2.27. The van der Waals surface area contributed by atoms with Crippen molar-refractivity contribution in [3.8, 4) is 0 Å². The van der Waals surface area contributed by atoms with Crippen LogP contribution in [0.2, 0.25) is 0 Å². The lowest BCUT2D eigenvalue weighted by molar-refractivity contribution is 0.0496. The zero-order valence-corrected chi connectivity index (χ0v) is 9.99. The minimum absolute atomic E-state index is 0.345. The van der Waals surface area contributed by atoms with Gasteiger partial charge in [-0.1, -0.05) is 12.8 Å². The highest BCUT2D eigenvalue weighted by molar-refractivity contribution is 7.81. The Bertz CT molecular complexity index is 217. The van der Waals surface area contributed by atoms with Gasteiger partial charge in [-0.05, 0) is 33.6 Å². The Morgan fingerprint density at radius 3 is 2.29 bits per heavy atom. The van der Waals surface area contributed by atoms with Crippen molar-refractivity contribution in [2.75, 3.05) is 0 Å². The van der Waals surface area contributed by atoms with E-state index >= 15 is 0 Å². The molecule has 1 aliphatic carbocycles. The van der Waals surface area contributed by atoms with Crippen molar-refractivity contribution in [1.29, 1.82) is 0 Å². The molecule has 1 saturated carbocycles. The molecule has 4 heteroatoms. The third-order valence-electron chi connectivity index (χ3n) is 2.16. The molecular formula is C10H19NO2S. The lowest BCUT2D eigenvalue weighted by atomic mass is 10.2. The second-order valence-electron chi connectivity index (χ2n) is 4.87. The first-order valence-corrected chi connectivity index (χ1v) is 5.49. The monoisotopic (exact) mass is 217 g/mol. The van der Waals surface area contributed by atoms with E-state index in [1.807, 2.05) is 20.8 Å².